The molecule has 10 nitrogen and oxygen atoms in total. The Morgan fingerprint density at radius 2 is 1.74 bits per heavy atom. The first-order chi connectivity index (χ1) is 14.5. The third-order valence-corrected chi connectivity index (χ3v) is 5.25. The number of aliphatic carboxylic acids is 1. The summed E-state index contributed by atoms with van der Waals surface area (Å²) < 4.78 is 11.3. The summed E-state index contributed by atoms with van der Waals surface area (Å²) in [6.45, 7) is 3.27. The zero-order chi connectivity index (χ0) is 22.9. The van der Waals surface area contributed by atoms with Gasteiger partial charge in [0.2, 0.25) is 6.29 Å². The quantitative estimate of drug-likeness (QED) is 0.274. The van der Waals surface area contributed by atoms with Crippen LogP contribution < -0.4 is 9.47 Å². The van der Waals surface area contributed by atoms with Crippen molar-refractivity contribution in [1.29, 1.82) is 0 Å². The molecule has 3 rings (SSSR count). The molecule has 0 bridgehead atoms. The Morgan fingerprint density at radius 3 is 2.39 bits per heavy atom. The van der Waals surface area contributed by atoms with Gasteiger partial charge in [0.25, 0.3) is 0 Å². The first-order valence-corrected chi connectivity index (χ1v) is 9.46. The number of aromatic nitrogens is 1. The molecule has 1 saturated heterocycles. The molecule has 1 aliphatic rings. The van der Waals surface area contributed by atoms with Gasteiger partial charge in [0, 0.05) is 11.6 Å². The fraction of sp³-hybridized carbons (Fsp3) is 0.381. The van der Waals surface area contributed by atoms with Crippen LogP contribution in [0.4, 0.5) is 0 Å². The standard InChI is InChI=1S/C21H23NO9/c1-21(2,11-6-5-9-22(29)10-11)18(26)12-7-3-4-8-13(12)30-20-16(25)14(23)15(24)17(31-20)19(27)28/h3-10,14-17,20,23-25H,1-2H3,(H,27,28)/t14-,15-,16+,17-,20+/m0/s1. The van der Waals surface area contributed by atoms with Crippen LogP contribution in [0.2, 0.25) is 0 Å². The molecule has 0 radical (unpaired) electrons. The zero-order valence-electron chi connectivity index (χ0n) is 16.8. The Hall–Kier alpha value is -3.05. The minimum atomic E-state index is -1.86. The van der Waals surface area contributed by atoms with Crippen LogP contribution in [-0.2, 0) is 14.9 Å². The van der Waals surface area contributed by atoms with E-state index in [4.69, 9.17) is 9.47 Å². The van der Waals surface area contributed by atoms with Crippen molar-refractivity contribution in [3.63, 3.8) is 0 Å². The molecule has 0 amide bonds. The molecule has 31 heavy (non-hydrogen) atoms. The topological polar surface area (TPSA) is 160 Å². The largest absolute Gasteiger partial charge is 0.619 e. The lowest BCUT2D eigenvalue weighted by molar-refractivity contribution is -0.606. The summed E-state index contributed by atoms with van der Waals surface area (Å²) in [7, 11) is 0. The number of ketones is 1. The Kier molecular flexibility index (Phi) is 6.27. The molecular weight excluding hydrogens is 410 g/mol. The molecule has 5 atom stereocenters. The van der Waals surface area contributed by atoms with Crippen molar-refractivity contribution >= 4 is 11.8 Å². The Morgan fingerprint density at radius 1 is 1.06 bits per heavy atom. The minimum Gasteiger partial charge on any atom is -0.619 e. The van der Waals surface area contributed by atoms with Crippen LogP contribution in [0.1, 0.15) is 29.8 Å². The first kappa shape index (κ1) is 22.6. The average molecular weight is 433 g/mol. The number of carboxylic acids is 1. The van der Waals surface area contributed by atoms with Crippen molar-refractivity contribution < 1.29 is 44.2 Å². The van der Waals surface area contributed by atoms with Gasteiger partial charge in [-0.1, -0.05) is 12.1 Å². The van der Waals surface area contributed by atoms with Crippen LogP contribution in [-0.4, -0.2) is 62.9 Å². The van der Waals surface area contributed by atoms with Gasteiger partial charge in [-0.3, -0.25) is 4.79 Å². The number of hydrogen-bond acceptors (Lipinski definition) is 8. The third-order valence-electron chi connectivity index (χ3n) is 5.25. The third kappa shape index (κ3) is 4.37. The number of hydrogen-bond donors (Lipinski definition) is 4. The van der Waals surface area contributed by atoms with E-state index in [9.17, 15) is 35.2 Å². The first-order valence-electron chi connectivity index (χ1n) is 9.46. The number of rotatable bonds is 6. The molecule has 1 aromatic heterocycles. The van der Waals surface area contributed by atoms with Gasteiger partial charge in [-0.15, -0.1) is 0 Å². The van der Waals surface area contributed by atoms with Crippen LogP contribution in [0.5, 0.6) is 5.75 Å². The Labute approximate surface area is 177 Å². The van der Waals surface area contributed by atoms with Crippen LogP contribution in [0.3, 0.4) is 0 Å². The van der Waals surface area contributed by atoms with Crippen molar-refractivity contribution in [2.75, 3.05) is 0 Å². The second kappa shape index (κ2) is 8.60. The number of aliphatic hydroxyl groups excluding tert-OH is 3. The normalized spacial score (nSPS) is 26.3. The van der Waals surface area contributed by atoms with Gasteiger partial charge in [-0.05, 0) is 32.0 Å². The van der Waals surface area contributed by atoms with E-state index in [0.29, 0.717) is 10.3 Å². The van der Waals surface area contributed by atoms with Gasteiger partial charge in [-0.2, -0.15) is 4.73 Å². The lowest BCUT2D eigenvalue weighted by Crippen LogP contribution is -2.61. The van der Waals surface area contributed by atoms with Crippen molar-refractivity contribution in [3.8, 4) is 5.75 Å². The van der Waals surface area contributed by atoms with Gasteiger partial charge in [-0.25, -0.2) is 4.79 Å². The highest BCUT2D eigenvalue weighted by atomic mass is 16.7. The molecule has 166 valence electrons. The lowest BCUT2D eigenvalue weighted by Gasteiger charge is -2.38. The number of benzene rings is 1. The molecular formula is C21H23NO9. The molecule has 0 spiro atoms. The maximum Gasteiger partial charge on any atom is 0.335 e. The molecule has 2 aromatic rings. The number of nitrogens with zero attached hydrogens (tertiary/aromatic N) is 1. The molecule has 4 N–H and O–H groups in total. The van der Waals surface area contributed by atoms with Gasteiger partial charge >= 0.3 is 5.97 Å². The van der Waals surface area contributed by atoms with E-state index in [0.717, 1.165) is 0 Å². The van der Waals surface area contributed by atoms with E-state index in [1.54, 1.807) is 32.0 Å². The number of carbonyl (C=O) groups excluding carboxylic acids is 1. The van der Waals surface area contributed by atoms with E-state index >= 15 is 0 Å². The number of para-hydroxylation sites is 1. The van der Waals surface area contributed by atoms with Crippen LogP contribution in [0, 0.1) is 5.21 Å². The summed E-state index contributed by atoms with van der Waals surface area (Å²) in [6.07, 6.45) is -6.38. The Balaban J connectivity index is 1.91. The molecule has 0 unspecified atom stereocenters. The number of carboxylic acid groups (broad SMARTS) is 1. The lowest BCUT2D eigenvalue weighted by atomic mass is 9.78. The molecule has 1 aromatic carbocycles. The summed E-state index contributed by atoms with van der Waals surface area (Å²) >= 11 is 0. The van der Waals surface area contributed by atoms with Crippen molar-refractivity contribution in [1.82, 2.24) is 0 Å². The van der Waals surface area contributed by atoms with E-state index in [-0.39, 0.29) is 11.3 Å². The van der Waals surface area contributed by atoms with E-state index in [1.165, 1.54) is 30.6 Å². The maximum absolute atomic E-state index is 13.3. The SMILES string of the molecule is CC(C)(C(=O)c1ccccc1O[C@@H]1O[C@H](C(=O)O)[C@@H](O)[C@H](O)[C@H]1O)c1ccc[n+]([O-])c1. The second-order valence-electron chi connectivity index (χ2n) is 7.76. The van der Waals surface area contributed by atoms with E-state index in [1.807, 2.05) is 0 Å². The smallest absolute Gasteiger partial charge is 0.335 e. The number of ether oxygens (including phenoxy) is 2. The van der Waals surface area contributed by atoms with Crippen LogP contribution in [0.25, 0.3) is 0 Å². The van der Waals surface area contributed by atoms with Crippen molar-refractivity contribution in [3.05, 3.63) is 65.1 Å². The monoisotopic (exact) mass is 433 g/mol. The van der Waals surface area contributed by atoms with Gasteiger partial charge in [0.05, 0.1) is 11.0 Å². The van der Waals surface area contributed by atoms with E-state index < -0.39 is 47.9 Å². The fourth-order valence-corrected chi connectivity index (χ4v) is 3.32. The van der Waals surface area contributed by atoms with Crippen LogP contribution in [0.15, 0.2) is 48.8 Å². The predicted molar refractivity (Wildman–Crippen MR) is 104 cm³/mol. The summed E-state index contributed by atoms with van der Waals surface area (Å²) in [6, 6.07) is 9.20. The number of pyridine rings is 1. The average Bonchev–Trinajstić information content (AvgIpc) is 2.73. The maximum atomic E-state index is 13.3. The minimum absolute atomic E-state index is 0.0247. The second-order valence-corrected chi connectivity index (χ2v) is 7.76. The van der Waals surface area contributed by atoms with Gasteiger partial charge in [0.1, 0.15) is 24.1 Å². The molecule has 10 heteroatoms. The highest BCUT2D eigenvalue weighted by Crippen LogP contribution is 2.33. The molecule has 1 fully saturated rings. The van der Waals surface area contributed by atoms with Crippen molar-refractivity contribution in [2.45, 2.75) is 50.0 Å². The summed E-state index contributed by atoms with van der Waals surface area (Å²) in [5.41, 5.74) is -0.571. The van der Waals surface area contributed by atoms with E-state index in [2.05, 4.69) is 0 Å². The zero-order valence-corrected chi connectivity index (χ0v) is 16.8. The predicted octanol–water partition coefficient (Wildman–Crippen LogP) is -0.249. The molecule has 2 heterocycles. The summed E-state index contributed by atoms with van der Waals surface area (Å²) in [5, 5.41) is 50.8. The van der Waals surface area contributed by atoms with Gasteiger partial charge < -0.3 is 35.1 Å². The molecule has 0 saturated carbocycles. The van der Waals surface area contributed by atoms with Crippen molar-refractivity contribution in [2.24, 2.45) is 0 Å². The number of aliphatic hydroxyl groups is 3. The Bertz CT molecular complexity index is 977. The fourth-order valence-electron chi connectivity index (χ4n) is 3.32. The van der Waals surface area contributed by atoms with Gasteiger partial charge in [0.15, 0.2) is 24.3 Å². The number of carbonyl (C=O) groups is 2. The summed E-state index contributed by atoms with van der Waals surface area (Å²) in [5.74, 6) is -1.98. The molecule has 1 aliphatic heterocycles. The number of Topliss-reactive ketones (excluding diaryl/α,β-unsaturated/α-hetero) is 1. The highest BCUT2D eigenvalue weighted by Gasteiger charge is 2.48. The molecule has 0 aliphatic carbocycles. The van der Waals surface area contributed by atoms with Crippen LogP contribution >= 0.6 is 0 Å². The summed E-state index contributed by atoms with van der Waals surface area (Å²) in [4.78, 5) is 24.6. The highest BCUT2D eigenvalue weighted by molar-refractivity contribution is 6.05.